The molecular weight excluding hydrogens is 298 g/mol. The summed E-state index contributed by atoms with van der Waals surface area (Å²) in [5.74, 6) is 0.663. The largest absolute Gasteiger partial charge is 0.336 e. The van der Waals surface area contributed by atoms with Crippen molar-refractivity contribution >= 4 is 5.91 Å². The van der Waals surface area contributed by atoms with Crippen LogP contribution in [0.5, 0.6) is 0 Å². The number of hydrogen-bond donors (Lipinski definition) is 2. The minimum atomic E-state index is -0.0864. The second kappa shape index (κ2) is 6.04. The van der Waals surface area contributed by atoms with Crippen LogP contribution in [0.1, 0.15) is 40.6 Å². The minimum absolute atomic E-state index is 0.0864. The summed E-state index contributed by atoms with van der Waals surface area (Å²) < 4.78 is 0. The van der Waals surface area contributed by atoms with Crippen LogP contribution in [0, 0.1) is 5.92 Å². The first-order valence-electron chi connectivity index (χ1n) is 8.58. The van der Waals surface area contributed by atoms with Gasteiger partial charge in [-0.2, -0.15) is 0 Å². The van der Waals surface area contributed by atoms with Crippen LogP contribution in [0.3, 0.4) is 0 Å². The second-order valence-corrected chi connectivity index (χ2v) is 6.92. The summed E-state index contributed by atoms with van der Waals surface area (Å²) in [4.78, 5) is 14.8. The zero-order valence-corrected chi connectivity index (χ0v) is 13.7. The van der Waals surface area contributed by atoms with E-state index in [1.807, 2.05) is 29.2 Å². The van der Waals surface area contributed by atoms with E-state index in [0.29, 0.717) is 25.6 Å². The first-order valence-corrected chi connectivity index (χ1v) is 8.58. The van der Waals surface area contributed by atoms with Crippen molar-refractivity contribution in [2.45, 2.75) is 31.5 Å². The number of carbonyl (C=O) groups excluding carboxylic acids is 1. The van der Waals surface area contributed by atoms with E-state index in [2.05, 4.69) is 24.3 Å². The third kappa shape index (κ3) is 2.72. The Balaban J connectivity index is 1.48. The molecule has 1 aliphatic carbocycles. The van der Waals surface area contributed by atoms with Crippen LogP contribution in [0.25, 0.3) is 0 Å². The van der Waals surface area contributed by atoms with E-state index in [4.69, 9.17) is 11.5 Å². The van der Waals surface area contributed by atoms with Gasteiger partial charge in [0.15, 0.2) is 0 Å². The standard InChI is InChI=1S/C20H23N3O/c21-10-13-4-3-6-14(8-13)17-9-18(17)20(24)23-11-15-5-1-2-7-16(15)19(22)12-23/h1-8,17-19H,9-12,21-22H2/t17-,18+,19?/m0/s1. The summed E-state index contributed by atoms with van der Waals surface area (Å²) in [6.07, 6.45) is 0.931. The van der Waals surface area contributed by atoms with Gasteiger partial charge in [0, 0.05) is 31.6 Å². The number of amides is 1. The lowest BCUT2D eigenvalue weighted by atomic mass is 9.95. The Hall–Kier alpha value is -2.17. The number of nitrogens with two attached hydrogens (primary N) is 2. The van der Waals surface area contributed by atoms with Gasteiger partial charge in [-0.1, -0.05) is 48.5 Å². The van der Waals surface area contributed by atoms with E-state index in [9.17, 15) is 4.79 Å². The molecule has 4 N–H and O–H groups in total. The van der Waals surface area contributed by atoms with Crippen molar-refractivity contribution in [3.63, 3.8) is 0 Å². The molecule has 0 bridgehead atoms. The zero-order valence-electron chi connectivity index (χ0n) is 13.7. The van der Waals surface area contributed by atoms with Crippen LogP contribution < -0.4 is 11.5 Å². The van der Waals surface area contributed by atoms with E-state index in [1.165, 1.54) is 16.7 Å². The fourth-order valence-electron chi connectivity index (χ4n) is 3.84. The van der Waals surface area contributed by atoms with E-state index in [-0.39, 0.29) is 17.9 Å². The molecule has 24 heavy (non-hydrogen) atoms. The average Bonchev–Trinajstić information content (AvgIpc) is 3.42. The van der Waals surface area contributed by atoms with Crippen molar-refractivity contribution in [2.24, 2.45) is 17.4 Å². The van der Waals surface area contributed by atoms with Crippen molar-refractivity contribution in [3.05, 3.63) is 70.8 Å². The summed E-state index contributed by atoms with van der Waals surface area (Å²) in [5, 5.41) is 0. The zero-order chi connectivity index (χ0) is 16.7. The SMILES string of the molecule is NCc1cccc([C@@H]2C[C@H]2C(=O)N2Cc3ccccc3C(N)C2)c1. The summed E-state index contributed by atoms with van der Waals surface area (Å²) >= 11 is 0. The number of benzene rings is 2. The summed E-state index contributed by atoms with van der Waals surface area (Å²) in [6.45, 7) is 1.83. The summed E-state index contributed by atoms with van der Waals surface area (Å²) in [7, 11) is 0. The highest BCUT2D eigenvalue weighted by Gasteiger charge is 2.46. The van der Waals surface area contributed by atoms with Crippen LogP contribution in [-0.4, -0.2) is 17.4 Å². The molecule has 4 rings (SSSR count). The molecule has 1 amide bonds. The molecule has 0 aromatic heterocycles. The lowest BCUT2D eigenvalue weighted by molar-refractivity contribution is -0.134. The second-order valence-electron chi connectivity index (χ2n) is 6.92. The highest BCUT2D eigenvalue weighted by molar-refractivity contribution is 5.83. The Kier molecular flexibility index (Phi) is 3.87. The van der Waals surface area contributed by atoms with Crippen LogP contribution in [-0.2, 0) is 17.9 Å². The molecule has 2 aromatic rings. The van der Waals surface area contributed by atoms with Crippen LogP contribution in [0.4, 0.5) is 0 Å². The lowest BCUT2D eigenvalue weighted by Gasteiger charge is -2.33. The molecule has 1 saturated carbocycles. The molecular formula is C20H23N3O. The molecule has 2 aromatic carbocycles. The molecule has 1 unspecified atom stereocenters. The number of carbonyl (C=O) groups is 1. The number of hydrogen-bond acceptors (Lipinski definition) is 3. The van der Waals surface area contributed by atoms with Crippen molar-refractivity contribution in [1.29, 1.82) is 0 Å². The smallest absolute Gasteiger partial charge is 0.226 e. The van der Waals surface area contributed by atoms with Gasteiger partial charge in [-0.25, -0.2) is 0 Å². The highest BCUT2D eigenvalue weighted by atomic mass is 16.2. The quantitative estimate of drug-likeness (QED) is 0.911. The first kappa shape index (κ1) is 15.4. The number of nitrogens with zero attached hydrogens (tertiary/aromatic N) is 1. The fourth-order valence-corrected chi connectivity index (χ4v) is 3.84. The van der Waals surface area contributed by atoms with Crippen molar-refractivity contribution in [3.8, 4) is 0 Å². The van der Waals surface area contributed by atoms with Gasteiger partial charge in [0.2, 0.25) is 5.91 Å². The average molecular weight is 321 g/mol. The van der Waals surface area contributed by atoms with Crippen molar-refractivity contribution in [2.75, 3.05) is 6.54 Å². The first-order chi connectivity index (χ1) is 11.7. The third-order valence-corrected chi connectivity index (χ3v) is 5.27. The van der Waals surface area contributed by atoms with Gasteiger partial charge >= 0.3 is 0 Å². The molecule has 0 spiro atoms. The Morgan fingerprint density at radius 2 is 2.00 bits per heavy atom. The number of rotatable bonds is 3. The van der Waals surface area contributed by atoms with E-state index in [0.717, 1.165) is 12.0 Å². The molecule has 1 fully saturated rings. The maximum absolute atomic E-state index is 12.9. The Labute approximate surface area is 142 Å². The maximum Gasteiger partial charge on any atom is 0.226 e. The molecule has 0 saturated heterocycles. The normalized spacial score (nSPS) is 25.2. The fraction of sp³-hybridized carbons (Fsp3) is 0.350. The maximum atomic E-state index is 12.9. The molecule has 3 atom stereocenters. The van der Waals surface area contributed by atoms with Gasteiger partial charge < -0.3 is 16.4 Å². The van der Waals surface area contributed by atoms with Gasteiger partial charge in [-0.15, -0.1) is 0 Å². The van der Waals surface area contributed by atoms with Gasteiger partial charge in [-0.3, -0.25) is 4.79 Å². The minimum Gasteiger partial charge on any atom is -0.336 e. The monoisotopic (exact) mass is 321 g/mol. The molecule has 124 valence electrons. The van der Waals surface area contributed by atoms with Crippen LogP contribution >= 0.6 is 0 Å². The molecule has 2 aliphatic rings. The van der Waals surface area contributed by atoms with Crippen molar-refractivity contribution < 1.29 is 4.79 Å². The molecule has 1 heterocycles. The summed E-state index contributed by atoms with van der Waals surface area (Å²) in [6, 6.07) is 16.4. The molecule has 1 aliphatic heterocycles. The molecule has 4 nitrogen and oxygen atoms in total. The predicted molar refractivity (Wildman–Crippen MR) is 94.0 cm³/mol. The number of fused-ring (bicyclic) bond motifs is 1. The summed E-state index contributed by atoms with van der Waals surface area (Å²) in [5.41, 5.74) is 16.7. The molecule has 0 radical (unpaired) electrons. The topological polar surface area (TPSA) is 72.4 Å². The third-order valence-electron chi connectivity index (χ3n) is 5.27. The van der Waals surface area contributed by atoms with Gasteiger partial charge in [0.25, 0.3) is 0 Å². The Bertz CT molecular complexity index is 773. The predicted octanol–water partition coefficient (Wildman–Crippen LogP) is 2.29. The van der Waals surface area contributed by atoms with Crippen LogP contribution in [0.15, 0.2) is 48.5 Å². The highest BCUT2D eigenvalue weighted by Crippen LogP contribution is 2.49. The Morgan fingerprint density at radius 1 is 1.17 bits per heavy atom. The molecule has 4 heteroatoms. The van der Waals surface area contributed by atoms with Gasteiger partial charge in [0.05, 0.1) is 0 Å². The van der Waals surface area contributed by atoms with E-state index in [1.54, 1.807) is 0 Å². The van der Waals surface area contributed by atoms with Crippen LogP contribution in [0.2, 0.25) is 0 Å². The lowest BCUT2D eigenvalue weighted by Crippen LogP contribution is -2.41. The van der Waals surface area contributed by atoms with E-state index < -0.39 is 0 Å². The Morgan fingerprint density at radius 3 is 2.83 bits per heavy atom. The van der Waals surface area contributed by atoms with Crippen molar-refractivity contribution in [1.82, 2.24) is 4.90 Å². The van der Waals surface area contributed by atoms with E-state index >= 15 is 0 Å². The van der Waals surface area contributed by atoms with Gasteiger partial charge in [0.1, 0.15) is 0 Å². The van der Waals surface area contributed by atoms with Gasteiger partial charge in [-0.05, 0) is 34.6 Å².